The van der Waals surface area contributed by atoms with E-state index in [1.807, 2.05) is 86.8 Å². The molecule has 0 aliphatic rings. The number of imidazole rings is 1. The van der Waals surface area contributed by atoms with Gasteiger partial charge >= 0.3 is 0 Å². The molecule has 0 fully saturated rings. The molecule has 1 radical (unpaired) electrons. The molecule has 4 aromatic heterocycles. The Morgan fingerprint density at radius 1 is 0.639 bits per heavy atom. The van der Waals surface area contributed by atoms with E-state index < -0.39 is 12.7 Å². The molecular weight excluding hydrogens is 1060 g/mol. The molecule has 0 spiro atoms. The van der Waals surface area contributed by atoms with E-state index in [-0.39, 0.29) is 42.9 Å². The Hall–Kier alpha value is -7.11. The van der Waals surface area contributed by atoms with Crippen LogP contribution in [0.15, 0.2) is 167 Å². The van der Waals surface area contributed by atoms with Gasteiger partial charge in [-0.15, -0.1) is 53.6 Å². The van der Waals surface area contributed by atoms with Crippen LogP contribution in [-0.2, 0) is 25.5 Å². The number of para-hydroxylation sites is 1. The number of nitrogens with zero attached hydrogens (tertiary/aromatic N) is 3. The molecule has 6 heteroatoms. The van der Waals surface area contributed by atoms with Gasteiger partial charge in [0.1, 0.15) is 16.7 Å². The minimum atomic E-state index is -2.42. The number of furan rings is 2. The van der Waals surface area contributed by atoms with Gasteiger partial charge in [-0.1, -0.05) is 165 Å². The van der Waals surface area contributed by atoms with Crippen LogP contribution in [0.25, 0.3) is 105 Å². The van der Waals surface area contributed by atoms with Crippen LogP contribution in [0.1, 0.15) is 113 Å². The van der Waals surface area contributed by atoms with Crippen molar-refractivity contribution in [3.63, 3.8) is 0 Å². The van der Waals surface area contributed by atoms with E-state index in [0.29, 0.717) is 38.9 Å². The Bertz CT molecular complexity index is 4110. The summed E-state index contributed by atoms with van der Waals surface area (Å²) in [5, 5.41) is 5.24. The van der Waals surface area contributed by atoms with Crippen molar-refractivity contribution in [2.45, 2.75) is 92.3 Å². The molecule has 72 heavy (non-hydrogen) atoms. The normalized spacial score (nSPS) is 13.2. The first-order chi connectivity index (χ1) is 35.8. The summed E-state index contributed by atoms with van der Waals surface area (Å²) < 4.78 is 49.6. The number of aromatic nitrogens is 3. The van der Waals surface area contributed by atoms with Crippen molar-refractivity contribution >= 4 is 65.7 Å². The van der Waals surface area contributed by atoms with Gasteiger partial charge in [-0.3, -0.25) is 4.98 Å². The summed E-state index contributed by atoms with van der Waals surface area (Å²) in [7, 11) is 0. The molecule has 12 aromatic rings. The number of pyridine rings is 1. The van der Waals surface area contributed by atoms with Crippen molar-refractivity contribution < 1.29 is 34.4 Å². The van der Waals surface area contributed by atoms with Crippen molar-refractivity contribution in [2.75, 3.05) is 0 Å². The summed E-state index contributed by atoms with van der Waals surface area (Å²) in [5.74, 6) is 0.316. The van der Waals surface area contributed by atoms with Crippen molar-refractivity contribution in [1.82, 2.24) is 14.5 Å². The molecule has 361 valence electrons. The number of fused-ring (bicyclic) bond motifs is 9. The summed E-state index contributed by atoms with van der Waals surface area (Å²) >= 11 is 0. The monoisotopic (exact) mass is 1120 g/mol. The van der Waals surface area contributed by atoms with Crippen LogP contribution < -0.4 is 0 Å². The maximum atomic E-state index is 8.62. The first-order valence-corrected chi connectivity index (χ1v) is 24.6. The molecule has 0 N–H and O–H groups in total. The Balaban J connectivity index is 0.000000264. The SMILES string of the molecule is [2H]C(C)(C)c1cnc(-c2[c-]cccc2)cc1C(C)(C)C.[2H]C([2H])([2H])c1c[c-]c(-c2nc3ccc4ccccc4c3n2-c2c(C(C)C)cc(-c3ccccc3)cc2C(C)C)c2oc3cc4c(cc3c12)oc1ccccc14.[Ir]. The van der Waals surface area contributed by atoms with Gasteiger partial charge in [0.25, 0.3) is 0 Å². The van der Waals surface area contributed by atoms with Crippen LogP contribution >= 0.6 is 0 Å². The fourth-order valence-corrected chi connectivity index (χ4v) is 10.2. The van der Waals surface area contributed by atoms with Crippen LogP contribution in [0.3, 0.4) is 0 Å². The first-order valence-electron chi connectivity index (χ1n) is 26.6. The number of hydrogen-bond donors (Lipinski definition) is 0. The van der Waals surface area contributed by atoms with Crippen LogP contribution in [0, 0.1) is 19.0 Å². The molecule has 0 aliphatic heterocycles. The van der Waals surface area contributed by atoms with E-state index in [2.05, 4.69) is 149 Å². The van der Waals surface area contributed by atoms with Crippen molar-refractivity contribution in [2.24, 2.45) is 0 Å². The van der Waals surface area contributed by atoms with Gasteiger partial charge in [-0.25, -0.2) is 0 Å². The van der Waals surface area contributed by atoms with Gasteiger partial charge in [0.15, 0.2) is 0 Å². The number of benzene rings is 8. The van der Waals surface area contributed by atoms with E-state index in [1.54, 1.807) is 6.07 Å². The van der Waals surface area contributed by atoms with Gasteiger partial charge in [0, 0.05) is 59.0 Å². The van der Waals surface area contributed by atoms with E-state index >= 15 is 0 Å². The largest absolute Gasteiger partial charge is 0.501 e. The minimum absolute atomic E-state index is 0. The summed E-state index contributed by atoms with van der Waals surface area (Å²) in [4.78, 5) is 9.94. The van der Waals surface area contributed by atoms with Gasteiger partial charge in [-0.2, -0.15) is 0 Å². The zero-order valence-electron chi connectivity index (χ0n) is 46.2. The van der Waals surface area contributed by atoms with E-state index in [1.165, 1.54) is 16.7 Å². The molecule has 12 rings (SSSR count). The summed E-state index contributed by atoms with van der Waals surface area (Å²) in [6.07, 6.45) is 1.85. The fraction of sp³-hybridized carbons (Fsp3) is 0.212. The summed E-state index contributed by atoms with van der Waals surface area (Å²) in [6.45, 7) is 16.9. The molecule has 4 heterocycles. The molecule has 0 amide bonds. The van der Waals surface area contributed by atoms with Crippen molar-refractivity contribution in [3.05, 3.63) is 198 Å². The van der Waals surface area contributed by atoms with Crippen LogP contribution in [0.2, 0.25) is 0 Å². The topological polar surface area (TPSA) is 57.0 Å². The second-order valence-electron chi connectivity index (χ2n) is 20.6. The Labute approximate surface area is 441 Å². The predicted molar refractivity (Wildman–Crippen MR) is 297 cm³/mol. The van der Waals surface area contributed by atoms with Gasteiger partial charge < -0.3 is 18.4 Å². The molecule has 0 atom stereocenters. The maximum absolute atomic E-state index is 8.62. The van der Waals surface area contributed by atoms with E-state index in [9.17, 15) is 0 Å². The van der Waals surface area contributed by atoms with Crippen molar-refractivity contribution in [1.29, 1.82) is 0 Å². The second kappa shape index (κ2) is 19.1. The minimum Gasteiger partial charge on any atom is -0.501 e. The summed E-state index contributed by atoms with van der Waals surface area (Å²) in [5.41, 5.74) is 14.8. The zero-order chi connectivity index (χ0) is 52.7. The third-order valence-electron chi connectivity index (χ3n) is 13.8. The van der Waals surface area contributed by atoms with E-state index in [4.69, 9.17) is 19.3 Å². The molecule has 0 aliphatic carbocycles. The van der Waals surface area contributed by atoms with Crippen LogP contribution in [0.4, 0.5) is 0 Å². The predicted octanol–water partition coefficient (Wildman–Crippen LogP) is 18.6. The molecular formula is C66H59IrN3O2-2. The quantitative estimate of drug-likeness (QED) is 0.149. The number of rotatable bonds is 7. The van der Waals surface area contributed by atoms with Crippen LogP contribution in [0.5, 0.6) is 0 Å². The zero-order valence-corrected chi connectivity index (χ0v) is 44.6. The molecule has 0 saturated carbocycles. The number of aryl methyl sites for hydroxylation is 1. The fourth-order valence-electron chi connectivity index (χ4n) is 10.2. The standard InChI is InChI=1S/C48H37N2O2.C18H22N.Ir/c1-27(2)36-23-32(30-13-7-6-8-14-30)24-37(28(3)4)45(36)50-46-33-16-10-9-15-31(33)20-22-40(46)49-48(50)35-21-19-29(5)44-39-26-42-38(25-43(39)52-47(35)44)34-17-11-12-18-41(34)51-42;1-13(2)15-12-19-17(11-16(15)18(3,4)5)14-9-7-6-8-10-14;/h6-20,22-28H,1-5H3;6-9,11-13H,1-5H3;/q2*-1;/i5D3;13D;. The molecule has 5 nitrogen and oxygen atoms in total. The van der Waals surface area contributed by atoms with Crippen molar-refractivity contribution in [3.8, 4) is 39.5 Å². The van der Waals surface area contributed by atoms with Gasteiger partial charge in [-0.05, 0) is 104 Å². The molecule has 0 bridgehead atoms. The van der Waals surface area contributed by atoms with Crippen LogP contribution in [-0.4, -0.2) is 14.5 Å². The third kappa shape index (κ3) is 8.55. The van der Waals surface area contributed by atoms with E-state index in [0.717, 1.165) is 71.8 Å². The Morgan fingerprint density at radius 2 is 1.32 bits per heavy atom. The smallest absolute Gasteiger partial charge is 0.136 e. The average Bonchev–Trinajstić information content (AvgIpc) is 4.10. The molecule has 0 unspecified atom stereocenters. The van der Waals surface area contributed by atoms with Gasteiger partial charge in [0.2, 0.25) is 0 Å². The second-order valence-corrected chi connectivity index (χ2v) is 20.6. The summed E-state index contributed by atoms with van der Waals surface area (Å²) in [6, 6.07) is 57.8. The Morgan fingerprint density at radius 3 is 2.01 bits per heavy atom. The number of hydrogen-bond acceptors (Lipinski definition) is 4. The molecule has 0 saturated heterocycles. The third-order valence-corrected chi connectivity index (χ3v) is 13.8. The van der Waals surface area contributed by atoms with Gasteiger partial charge in [0.05, 0.1) is 22.4 Å². The first kappa shape index (κ1) is 43.7. The molecule has 8 aromatic carbocycles. The average molecular weight is 1120 g/mol. The maximum Gasteiger partial charge on any atom is 0.136 e. The Kier molecular flexibility index (Phi) is 11.6.